The van der Waals surface area contributed by atoms with Crippen LogP contribution in [0.3, 0.4) is 0 Å². The molecule has 0 aliphatic carbocycles. The van der Waals surface area contributed by atoms with Crippen molar-refractivity contribution in [3.05, 3.63) is 120 Å². The predicted octanol–water partition coefficient (Wildman–Crippen LogP) is 6.75. The summed E-state index contributed by atoms with van der Waals surface area (Å²) in [7, 11) is 8.11. The summed E-state index contributed by atoms with van der Waals surface area (Å²) < 4.78 is 0. The van der Waals surface area contributed by atoms with Crippen LogP contribution >= 0.6 is 0 Å². The number of aliphatic carboxylic acids is 1. The van der Waals surface area contributed by atoms with Gasteiger partial charge in [-0.2, -0.15) is 0 Å². The van der Waals surface area contributed by atoms with E-state index in [0.717, 1.165) is 34.0 Å². The highest BCUT2D eigenvalue weighted by molar-refractivity contribution is 5.89. The van der Waals surface area contributed by atoms with Gasteiger partial charge in [0.25, 0.3) is 5.70 Å². The lowest BCUT2D eigenvalue weighted by Gasteiger charge is -2.27. The summed E-state index contributed by atoms with van der Waals surface area (Å²) in [5.74, 6) is -1.23. The van der Waals surface area contributed by atoms with E-state index in [1.165, 1.54) is 6.08 Å². The molecule has 3 aromatic carbocycles. The molecular weight excluding hydrogens is 448 g/mol. The molecule has 0 spiro atoms. The van der Waals surface area contributed by atoms with E-state index in [2.05, 4.69) is 80.2 Å². The highest BCUT2D eigenvalue weighted by Gasteiger charge is 2.13. The molecule has 0 heterocycles. The van der Waals surface area contributed by atoms with Gasteiger partial charge in [-0.3, -0.25) is 4.79 Å². The number of carbonyl (C=O) groups is 1. The molecule has 6 nitrogen and oxygen atoms in total. The quantitative estimate of drug-likeness (QED) is 0.210. The Morgan fingerprint density at radius 3 is 1.50 bits per heavy atom. The molecule has 0 radical (unpaired) electrons. The number of carboxylic acid groups (broad SMARTS) is 1. The fraction of sp³-hybridized carbons (Fsp3) is 0.133. The molecule has 6 heteroatoms. The van der Waals surface area contributed by atoms with Crippen molar-refractivity contribution in [1.82, 2.24) is 0 Å². The first kappa shape index (κ1) is 25.9. The smallest absolute Gasteiger partial charge is 0.333 e. The number of benzene rings is 3. The lowest BCUT2D eigenvalue weighted by atomic mass is 10.1. The van der Waals surface area contributed by atoms with Crippen LogP contribution in [0.1, 0.15) is 5.56 Å². The topological polar surface area (TPSA) is 51.4 Å². The van der Waals surface area contributed by atoms with E-state index < -0.39 is 5.97 Å². The first-order chi connectivity index (χ1) is 17.3. The predicted molar refractivity (Wildman–Crippen MR) is 150 cm³/mol. The van der Waals surface area contributed by atoms with Crippen LogP contribution in [0.25, 0.3) is 10.9 Å². The van der Waals surface area contributed by atoms with Crippen LogP contribution in [-0.4, -0.2) is 39.3 Å². The Morgan fingerprint density at radius 2 is 1.11 bits per heavy atom. The lowest BCUT2D eigenvalue weighted by Crippen LogP contribution is -2.12. The SMILES string of the molecule is [C-]#[N+]\C(=C/C=C/C=C/c1ccc(N(c2ccc(N(C)C)cc2)c2ccc(N(C)C)cc2)cc1)C(=O)O. The maximum Gasteiger partial charge on any atom is 0.333 e. The summed E-state index contributed by atoms with van der Waals surface area (Å²) in [6.07, 6.45) is 8.26. The van der Waals surface area contributed by atoms with Crippen molar-refractivity contribution in [3.63, 3.8) is 0 Å². The van der Waals surface area contributed by atoms with Crippen LogP contribution < -0.4 is 14.7 Å². The number of hydrogen-bond donors (Lipinski definition) is 1. The van der Waals surface area contributed by atoms with E-state index in [9.17, 15) is 4.79 Å². The zero-order valence-electron chi connectivity index (χ0n) is 21.0. The zero-order valence-corrected chi connectivity index (χ0v) is 21.0. The van der Waals surface area contributed by atoms with Crippen molar-refractivity contribution in [2.24, 2.45) is 0 Å². The minimum Gasteiger partial charge on any atom is -0.486 e. The van der Waals surface area contributed by atoms with Crippen LogP contribution in [0, 0.1) is 6.57 Å². The first-order valence-corrected chi connectivity index (χ1v) is 11.4. The van der Waals surface area contributed by atoms with Crippen molar-refractivity contribution < 1.29 is 9.90 Å². The van der Waals surface area contributed by atoms with E-state index >= 15 is 0 Å². The zero-order chi connectivity index (χ0) is 26.1. The van der Waals surface area contributed by atoms with E-state index in [4.69, 9.17) is 11.7 Å². The Balaban J connectivity index is 1.88. The van der Waals surface area contributed by atoms with E-state index in [1.54, 1.807) is 12.2 Å². The Hall–Kier alpha value is -4.76. The molecule has 0 atom stereocenters. The lowest BCUT2D eigenvalue weighted by molar-refractivity contribution is -0.132. The van der Waals surface area contributed by atoms with Gasteiger partial charge >= 0.3 is 5.97 Å². The number of carboxylic acids is 1. The van der Waals surface area contributed by atoms with E-state index in [-0.39, 0.29) is 5.70 Å². The highest BCUT2D eigenvalue weighted by atomic mass is 16.4. The molecule has 0 aliphatic heterocycles. The number of rotatable bonds is 9. The second-order valence-electron chi connectivity index (χ2n) is 8.46. The van der Waals surface area contributed by atoms with Crippen molar-refractivity contribution in [1.29, 1.82) is 0 Å². The van der Waals surface area contributed by atoms with Gasteiger partial charge in [-0.25, -0.2) is 4.85 Å². The Morgan fingerprint density at radius 1 is 0.694 bits per heavy atom. The largest absolute Gasteiger partial charge is 0.486 e. The monoisotopic (exact) mass is 478 g/mol. The fourth-order valence-corrected chi connectivity index (χ4v) is 3.52. The second kappa shape index (κ2) is 12.1. The van der Waals surface area contributed by atoms with E-state index in [1.807, 2.05) is 52.5 Å². The summed E-state index contributed by atoms with van der Waals surface area (Å²) >= 11 is 0. The molecule has 3 rings (SSSR count). The Bertz CT molecular complexity index is 1240. The second-order valence-corrected chi connectivity index (χ2v) is 8.46. The molecule has 182 valence electrons. The van der Waals surface area contributed by atoms with Gasteiger partial charge in [0, 0.05) is 56.6 Å². The van der Waals surface area contributed by atoms with Crippen LogP contribution in [0.4, 0.5) is 28.4 Å². The number of hydrogen-bond acceptors (Lipinski definition) is 4. The third-order valence-corrected chi connectivity index (χ3v) is 5.50. The van der Waals surface area contributed by atoms with Crippen molar-refractivity contribution in [2.45, 2.75) is 0 Å². The number of allylic oxidation sites excluding steroid dienone is 4. The summed E-state index contributed by atoms with van der Waals surface area (Å²) in [4.78, 5) is 20.2. The van der Waals surface area contributed by atoms with E-state index in [0.29, 0.717) is 0 Å². The fourth-order valence-electron chi connectivity index (χ4n) is 3.52. The number of anilines is 5. The average molecular weight is 479 g/mol. The molecule has 0 saturated carbocycles. The van der Waals surface area contributed by atoms with Gasteiger partial charge in [0.05, 0.1) is 6.57 Å². The molecule has 36 heavy (non-hydrogen) atoms. The van der Waals surface area contributed by atoms with Crippen molar-refractivity contribution in [2.75, 3.05) is 42.9 Å². The Kier molecular flexibility index (Phi) is 8.68. The Labute approximate surface area is 213 Å². The molecule has 0 amide bonds. The average Bonchev–Trinajstić information content (AvgIpc) is 2.87. The van der Waals surface area contributed by atoms with Gasteiger partial charge in [0.1, 0.15) is 0 Å². The molecule has 0 fully saturated rings. The molecular formula is C30H30N4O2. The first-order valence-electron chi connectivity index (χ1n) is 11.4. The van der Waals surface area contributed by atoms with Gasteiger partial charge in [-0.05, 0) is 72.3 Å². The van der Waals surface area contributed by atoms with Crippen molar-refractivity contribution >= 4 is 40.5 Å². The molecule has 0 aliphatic rings. The minimum atomic E-state index is -1.23. The summed E-state index contributed by atoms with van der Waals surface area (Å²) in [5.41, 5.74) is 6.11. The van der Waals surface area contributed by atoms with Gasteiger partial charge in [0.15, 0.2) is 0 Å². The highest BCUT2D eigenvalue weighted by Crippen LogP contribution is 2.36. The molecule has 1 N–H and O–H groups in total. The summed E-state index contributed by atoms with van der Waals surface area (Å²) in [6, 6.07) is 25.1. The van der Waals surface area contributed by atoms with Crippen LogP contribution in [0.2, 0.25) is 0 Å². The maximum atomic E-state index is 10.9. The number of nitrogens with zero attached hydrogens (tertiary/aromatic N) is 4. The maximum absolute atomic E-state index is 10.9. The standard InChI is InChI=1S/C30H30N4O2/c1-31-29(30(35)36)10-8-6-7-9-23-11-13-26(14-12-23)34(27-19-15-24(16-20-27)32(2)3)28-21-17-25(18-22-28)33(4)5/h6-22H,2-5H3,(H,35,36)/b8-6+,9-7+,29-10-. The van der Waals surface area contributed by atoms with Crippen molar-refractivity contribution in [3.8, 4) is 0 Å². The van der Waals surface area contributed by atoms with Gasteiger partial charge in [0.2, 0.25) is 0 Å². The summed E-state index contributed by atoms with van der Waals surface area (Å²) in [6.45, 7) is 6.86. The van der Waals surface area contributed by atoms with Crippen LogP contribution in [0.15, 0.2) is 103 Å². The molecule has 0 unspecified atom stereocenters. The third-order valence-electron chi connectivity index (χ3n) is 5.50. The normalized spacial score (nSPS) is 11.5. The third kappa shape index (κ3) is 6.64. The molecule has 0 saturated heterocycles. The van der Waals surface area contributed by atoms with Gasteiger partial charge in [-0.15, -0.1) is 0 Å². The summed E-state index contributed by atoms with van der Waals surface area (Å²) in [5, 5.41) is 8.88. The minimum absolute atomic E-state index is 0.318. The van der Waals surface area contributed by atoms with Crippen LogP contribution in [-0.2, 0) is 4.79 Å². The molecule has 0 bridgehead atoms. The van der Waals surface area contributed by atoms with Crippen LogP contribution in [0.5, 0.6) is 0 Å². The molecule has 3 aromatic rings. The molecule has 0 aromatic heterocycles. The van der Waals surface area contributed by atoms with Gasteiger partial charge in [-0.1, -0.05) is 36.4 Å². The van der Waals surface area contributed by atoms with Gasteiger partial charge < -0.3 is 19.8 Å².